The average Bonchev–Trinajstić information content (AvgIpc) is 2.35. The quantitative estimate of drug-likeness (QED) is 0.693. The molecule has 1 heterocycles. The van der Waals surface area contributed by atoms with Gasteiger partial charge < -0.3 is 10.4 Å². The Bertz CT molecular complexity index is 573. The van der Waals surface area contributed by atoms with Gasteiger partial charge in [0.1, 0.15) is 6.04 Å². The molecule has 1 amide bonds. The Morgan fingerprint density at radius 3 is 2.58 bits per heavy atom. The highest BCUT2D eigenvalue weighted by Crippen LogP contribution is 2.15. The number of carbonyl (C=O) groups is 1. The maximum absolute atomic E-state index is 11.8. The van der Waals surface area contributed by atoms with Crippen LogP contribution in [0.3, 0.4) is 0 Å². The van der Waals surface area contributed by atoms with Gasteiger partial charge in [0.2, 0.25) is 11.8 Å². The van der Waals surface area contributed by atoms with Crippen LogP contribution in [0.1, 0.15) is 38.8 Å². The first-order chi connectivity index (χ1) is 8.93. The average molecular weight is 269 g/mol. The molecular formula is C12H19N3O4. The zero-order valence-electron chi connectivity index (χ0n) is 11.3. The molecule has 3 N–H and O–H groups in total. The van der Waals surface area contributed by atoms with E-state index in [1.165, 1.54) is 6.92 Å². The summed E-state index contributed by atoms with van der Waals surface area (Å²) in [5, 5.41) is 12.6. The maximum Gasteiger partial charge on any atom is 0.331 e. The second-order valence-electron chi connectivity index (χ2n) is 4.25. The highest BCUT2D eigenvalue weighted by molar-refractivity contribution is 5.80. The van der Waals surface area contributed by atoms with Gasteiger partial charge >= 0.3 is 5.69 Å². The number of aromatic amines is 1. The Kier molecular flexibility index (Phi) is 4.91. The second kappa shape index (κ2) is 6.21. The predicted octanol–water partition coefficient (Wildman–Crippen LogP) is -0.108. The van der Waals surface area contributed by atoms with Crippen LogP contribution in [0.15, 0.2) is 9.59 Å². The third-order valence-electron chi connectivity index (χ3n) is 2.88. The van der Waals surface area contributed by atoms with Gasteiger partial charge in [0.15, 0.2) is 0 Å². The van der Waals surface area contributed by atoms with Gasteiger partial charge in [-0.15, -0.1) is 0 Å². The van der Waals surface area contributed by atoms with E-state index in [-0.39, 0.29) is 17.9 Å². The Hall–Kier alpha value is -2.05. The van der Waals surface area contributed by atoms with Gasteiger partial charge in [-0.3, -0.25) is 19.1 Å². The monoisotopic (exact) mass is 269 g/mol. The van der Waals surface area contributed by atoms with Crippen molar-refractivity contribution in [3.63, 3.8) is 0 Å². The summed E-state index contributed by atoms with van der Waals surface area (Å²) in [6, 6.07) is -0.888. The number of aromatic nitrogens is 2. The molecule has 1 aromatic heterocycles. The summed E-state index contributed by atoms with van der Waals surface area (Å²) in [5.74, 6) is -0.830. The fraction of sp³-hybridized carbons (Fsp3) is 0.583. The zero-order valence-corrected chi connectivity index (χ0v) is 11.3. The molecule has 1 atom stereocenters. The standard InChI is InChI=1S/C12H19N3O4/c1-4-6-13-9(16)7(3)15-11(18)8(5-2)10(17)14-12(15)19/h7,18H,4-6H2,1-3H3,(H,13,16)(H,14,17,19). The van der Waals surface area contributed by atoms with Crippen molar-refractivity contribution < 1.29 is 9.90 Å². The van der Waals surface area contributed by atoms with Crippen LogP contribution in [-0.4, -0.2) is 27.1 Å². The number of nitrogens with one attached hydrogen (secondary N) is 2. The van der Waals surface area contributed by atoms with Gasteiger partial charge in [0.25, 0.3) is 5.56 Å². The van der Waals surface area contributed by atoms with Crippen LogP contribution in [0, 0.1) is 0 Å². The molecule has 0 spiro atoms. The topological polar surface area (TPSA) is 104 Å². The number of nitrogens with zero attached hydrogens (tertiary/aromatic N) is 1. The van der Waals surface area contributed by atoms with E-state index in [9.17, 15) is 19.5 Å². The summed E-state index contributed by atoms with van der Waals surface area (Å²) in [7, 11) is 0. The Balaban J connectivity index is 3.24. The number of H-pyrrole nitrogens is 1. The molecular weight excluding hydrogens is 250 g/mol. The van der Waals surface area contributed by atoms with Crippen LogP contribution in [0.2, 0.25) is 0 Å². The van der Waals surface area contributed by atoms with Crippen LogP contribution < -0.4 is 16.6 Å². The molecule has 0 aliphatic carbocycles. The van der Waals surface area contributed by atoms with Crippen molar-refractivity contribution >= 4 is 5.91 Å². The normalized spacial score (nSPS) is 12.2. The van der Waals surface area contributed by atoms with Gasteiger partial charge in [-0.2, -0.15) is 0 Å². The number of carbonyl (C=O) groups excluding carboxylic acids is 1. The number of rotatable bonds is 5. The molecule has 0 saturated heterocycles. The van der Waals surface area contributed by atoms with E-state index in [1.807, 2.05) is 6.92 Å². The van der Waals surface area contributed by atoms with Gasteiger partial charge in [0, 0.05) is 6.54 Å². The molecule has 1 unspecified atom stereocenters. The van der Waals surface area contributed by atoms with Crippen LogP contribution in [0.25, 0.3) is 0 Å². The van der Waals surface area contributed by atoms with Crippen LogP contribution in [-0.2, 0) is 11.2 Å². The second-order valence-corrected chi connectivity index (χ2v) is 4.25. The van der Waals surface area contributed by atoms with Crippen LogP contribution in [0.5, 0.6) is 5.88 Å². The summed E-state index contributed by atoms with van der Waals surface area (Å²) in [4.78, 5) is 37.1. The molecule has 0 aliphatic heterocycles. The molecule has 19 heavy (non-hydrogen) atoms. The van der Waals surface area contributed by atoms with E-state index in [1.54, 1.807) is 6.92 Å². The molecule has 0 saturated carbocycles. The highest BCUT2D eigenvalue weighted by Gasteiger charge is 2.21. The predicted molar refractivity (Wildman–Crippen MR) is 70.4 cm³/mol. The van der Waals surface area contributed by atoms with Crippen molar-refractivity contribution in [2.75, 3.05) is 6.54 Å². The third-order valence-corrected chi connectivity index (χ3v) is 2.88. The lowest BCUT2D eigenvalue weighted by atomic mass is 10.2. The van der Waals surface area contributed by atoms with E-state index >= 15 is 0 Å². The summed E-state index contributed by atoms with van der Waals surface area (Å²) in [6.07, 6.45) is 1.04. The fourth-order valence-corrected chi connectivity index (χ4v) is 1.77. The first-order valence-corrected chi connectivity index (χ1v) is 6.28. The van der Waals surface area contributed by atoms with Crippen molar-refractivity contribution in [2.24, 2.45) is 0 Å². The lowest BCUT2D eigenvalue weighted by Crippen LogP contribution is -2.40. The largest absolute Gasteiger partial charge is 0.494 e. The van der Waals surface area contributed by atoms with Crippen molar-refractivity contribution in [1.29, 1.82) is 0 Å². The number of hydrogen-bond donors (Lipinski definition) is 3. The zero-order chi connectivity index (χ0) is 14.6. The maximum atomic E-state index is 11.8. The Morgan fingerprint density at radius 1 is 1.42 bits per heavy atom. The first-order valence-electron chi connectivity index (χ1n) is 6.28. The molecule has 106 valence electrons. The smallest absolute Gasteiger partial charge is 0.331 e. The van der Waals surface area contributed by atoms with E-state index < -0.39 is 23.2 Å². The van der Waals surface area contributed by atoms with Crippen molar-refractivity contribution in [3.8, 4) is 5.88 Å². The van der Waals surface area contributed by atoms with E-state index in [4.69, 9.17) is 0 Å². The summed E-state index contributed by atoms with van der Waals surface area (Å²) < 4.78 is 0.894. The van der Waals surface area contributed by atoms with Crippen LogP contribution >= 0.6 is 0 Å². The molecule has 7 nitrogen and oxygen atoms in total. The van der Waals surface area contributed by atoms with Crippen molar-refractivity contribution in [1.82, 2.24) is 14.9 Å². The molecule has 0 bridgehead atoms. The van der Waals surface area contributed by atoms with E-state index in [0.29, 0.717) is 6.54 Å². The van der Waals surface area contributed by atoms with Gasteiger partial charge in [0.05, 0.1) is 5.56 Å². The van der Waals surface area contributed by atoms with Crippen LogP contribution in [0.4, 0.5) is 0 Å². The molecule has 0 fully saturated rings. The minimum absolute atomic E-state index is 0.0924. The number of hydrogen-bond acceptors (Lipinski definition) is 4. The molecule has 1 rings (SSSR count). The van der Waals surface area contributed by atoms with Crippen molar-refractivity contribution in [3.05, 3.63) is 26.4 Å². The van der Waals surface area contributed by atoms with Gasteiger partial charge in [-0.25, -0.2) is 4.79 Å². The fourth-order valence-electron chi connectivity index (χ4n) is 1.77. The molecule has 0 radical (unpaired) electrons. The van der Waals surface area contributed by atoms with Crippen molar-refractivity contribution in [2.45, 2.75) is 39.7 Å². The minimum Gasteiger partial charge on any atom is -0.494 e. The highest BCUT2D eigenvalue weighted by atomic mass is 16.3. The SMILES string of the molecule is CCCNC(=O)C(C)n1c(O)c(CC)c(=O)[nH]c1=O. The summed E-state index contributed by atoms with van der Waals surface area (Å²) >= 11 is 0. The third kappa shape index (κ3) is 3.04. The molecule has 1 aromatic rings. The van der Waals surface area contributed by atoms with Gasteiger partial charge in [-0.05, 0) is 19.8 Å². The summed E-state index contributed by atoms with van der Waals surface area (Å²) in [5.41, 5.74) is -1.32. The Labute approximate surface area is 110 Å². The number of amides is 1. The minimum atomic E-state index is -0.888. The lowest BCUT2D eigenvalue weighted by Gasteiger charge is -2.17. The molecule has 0 aliphatic rings. The van der Waals surface area contributed by atoms with E-state index in [2.05, 4.69) is 10.3 Å². The lowest BCUT2D eigenvalue weighted by molar-refractivity contribution is -0.124. The number of aromatic hydroxyl groups is 1. The van der Waals surface area contributed by atoms with Gasteiger partial charge in [-0.1, -0.05) is 13.8 Å². The molecule has 0 aromatic carbocycles. The Morgan fingerprint density at radius 2 is 2.05 bits per heavy atom. The van der Waals surface area contributed by atoms with E-state index in [0.717, 1.165) is 11.0 Å². The molecule has 7 heteroatoms. The first kappa shape index (κ1) is 15.0. The summed E-state index contributed by atoms with van der Waals surface area (Å²) in [6.45, 7) is 5.57.